The van der Waals surface area contributed by atoms with Gasteiger partial charge in [0.15, 0.2) is 9.84 Å². The summed E-state index contributed by atoms with van der Waals surface area (Å²) >= 11 is 6.23. The van der Waals surface area contributed by atoms with Gasteiger partial charge in [-0.1, -0.05) is 11.6 Å². The highest BCUT2D eigenvalue weighted by molar-refractivity contribution is 7.91. The second-order valence-electron chi connectivity index (χ2n) is 8.85. The van der Waals surface area contributed by atoms with Gasteiger partial charge < -0.3 is 11.1 Å². The summed E-state index contributed by atoms with van der Waals surface area (Å²) in [6.45, 7) is 1.79. The molecule has 1 unspecified atom stereocenters. The zero-order chi connectivity index (χ0) is 25.0. The molecule has 0 spiro atoms. The van der Waals surface area contributed by atoms with Crippen molar-refractivity contribution in [2.75, 3.05) is 18.8 Å². The Labute approximate surface area is 205 Å². The van der Waals surface area contributed by atoms with Crippen LogP contribution < -0.4 is 11.1 Å². The van der Waals surface area contributed by atoms with Crippen LogP contribution in [0.1, 0.15) is 47.2 Å². The number of anilines is 1. The Morgan fingerprint density at radius 2 is 1.86 bits per heavy atom. The fraction of sp³-hybridized carbons (Fsp3) is 0.391. The van der Waals surface area contributed by atoms with E-state index in [4.69, 9.17) is 17.3 Å². The molecule has 1 aliphatic carbocycles. The fourth-order valence-electron chi connectivity index (χ4n) is 5.00. The van der Waals surface area contributed by atoms with Crippen LogP contribution in [-0.4, -0.2) is 36.3 Å². The Morgan fingerprint density at radius 1 is 1.11 bits per heavy atom. The number of sulfone groups is 1. The van der Waals surface area contributed by atoms with Gasteiger partial charge in [-0.3, -0.25) is 4.68 Å². The molecule has 0 amide bonds. The first-order valence-corrected chi connectivity index (χ1v) is 13.1. The molecule has 3 heterocycles. The number of benzene rings is 1. The maximum Gasteiger partial charge on any atom is 0.416 e. The molecule has 1 aliphatic heterocycles. The number of nitrogens with one attached hydrogen (secondary N) is 1. The Balaban J connectivity index is 1.53. The molecule has 2 aromatic heterocycles. The second kappa shape index (κ2) is 8.79. The van der Waals surface area contributed by atoms with E-state index in [2.05, 4.69) is 15.4 Å². The lowest BCUT2D eigenvalue weighted by atomic mass is 10.0. The van der Waals surface area contributed by atoms with E-state index in [1.54, 1.807) is 6.20 Å². The van der Waals surface area contributed by atoms with E-state index >= 15 is 0 Å². The number of hydrogen-bond acceptors (Lipinski definition) is 6. The summed E-state index contributed by atoms with van der Waals surface area (Å²) in [4.78, 5) is 3.86. The number of aromatic nitrogens is 3. The monoisotopic (exact) mass is 525 g/mol. The molecule has 1 atom stereocenters. The van der Waals surface area contributed by atoms with E-state index in [-0.39, 0.29) is 45.7 Å². The van der Waals surface area contributed by atoms with E-state index in [9.17, 15) is 21.6 Å². The minimum absolute atomic E-state index is 0.00924. The van der Waals surface area contributed by atoms with Gasteiger partial charge in [-0.25, -0.2) is 13.4 Å². The van der Waals surface area contributed by atoms with Gasteiger partial charge in [-0.15, -0.1) is 0 Å². The molecule has 12 heteroatoms. The second-order valence-corrected chi connectivity index (χ2v) is 11.4. The summed E-state index contributed by atoms with van der Waals surface area (Å²) in [6.07, 6.45) is 2.13. The number of nitrogen functional groups attached to an aromatic ring is 1. The Morgan fingerprint density at radius 3 is 2.57 bits per heavy atom. The highest BCUT2D eigenvalue weighted by Crippen LogP contribution is 2.48. The molecular weight excluding hydrogens is 503 g/mol. The van der Waals surface area contributed by atoms with Gasteiger partial charge in [-0.05, 0) is 68.1 Å². The van der Waals surface area contributed by atoms with Crippen molar-refractivity contribution in [3.63, 3.8) is 0 Å². The minimum atomic E-state index is -4.61. The first kappa shape index (κ1) is 24.1. The van der Waals surface area contributed by atoms with Gasteiger partial charge in [0.1, 0.15) is 10.7 Å². The summed E-state index contributed by atoms with van der Waals surface area (Å²) in [5, 5.41) is 6.48. The summed E-state index contributed by atoms with van der Waals surface area (Å²) in [7, 11) is -4.19. The van der Waals surface area contributed by atoms with E-state index in [0.29, 0.717) is 11.1 Å². The van der Waals surface area contributed by atoms with Crippen LogP contribution in [0.4, 0.5) is 19.0 Å². The van der Waals surface area contributed by atoms with Gasteiger partial charge in [-0.2, -0.15) is 18.3 Å². The van der Waals surface area contributed by atoms with Crippen LogP contribution >= 0.6 is 11.6 Å². The van der Waals surface area contributed by atoms with E-state index in [0.717, 1.165) is 38.1 Å². The number of halogens is 4. The number of nitrogens with zero attached hydrogens (tertiary/aromatic N) is 3. The van der Waals surface area contributed by atoms with Crippen LogP contribution in [0.2, 0.25) is 5.02 Å². The summed E-state index contributed by atoms with van der Waals surface area (Å²) in [6, 6.07) is 3.66. The van der Waals surface area contributed by atoms with Gasteiger partial charge in [0, 0.05) is 28.5 Å². The molecule has 1 saturated heterocycles. The molecule has 5 rings (SSSR count). The molecule has 186 valence electrons. The number of hydrogen-bond donors (Lipinski definition) is 2. The Kier molecular flexibility index (Phi) is 6.05. The average Bonchev–Trinajstić information content (AvgIpc) is 3.48. The van der Waals surface area contributed by atoms with Gasteiger partial charge >= 0.3 is 6.18 Å². The van der Waals surface area contributed by atoms with E-state index in [1.807, 2.05) is 10.9 Å². The molecule has 1 fully saturated rings. The lowest BCUT2D eigenvalue weighted by Gasteiger charge is -2.22. The van der Waals surface area contributed by atoms with Crippen LogP contribution in [-0.2, 0) is 22.4 Å². The van der Waals surface area contributed by atoms with E-state index < -0.39 is 26.8 Å². The standard InChI is InChI=1S/C23H23ClF3N5O2S/c24-18-3-2-17(23(25,26)27)16-1-4-19(21(16)18)35(33,34)20-9-13(10-30-22(20)28)14-11-31-32(12-14)15-5-7-29-8-6-15/h2-3,9-12,15,19,29H,1,4-8H2,(H2,28,30). The van der Waals surface area contributed by atoms with Crippen LogP contribution in [0.3, 0.4) is 0 Å². The third-order valence-electron chi connectivity index (χ3n) is 6.77. The minimum Gasteiger partial charge on any atom is -0.383 e. The number of pyridine rings is 1. The molecule has 2 aliphatic rings. The van der Waals surface area contributed by atoms with Crippen molar-refractivity contribution in [1.29, 1.82) is 0 Å². The summed E-state index contributed by atoms with van der Waals surface area (Å²) in [5.74, 6) is -0.212. The highest BCUT2D eigenvalue weighted by Gasteiger charge is 2.43. The first-order chi connectivity index (χ1) is 16.6. The van der Waals surface area contributed by atoms with Crippen LogP contribution in [0.15, 0.2) is 41.7 Å². The number of nitrogens with two attached hydrogens (primary N) is 1. The van der Waals surface area contributed by atoms with Gasteiger partial charge in [0.2, 0.25) is 0 Å². The van der Waals surface area contributed by atoms with Crippen LogP contribution in [0.25, 0.3) is 11.1 Å². The lowest BCUT2D eigenvalue weighted by molar-refractivity contribution is -0.138. The van der Waals surface area contributed by atoms with Crippen molar-refractivity contribution in [2.45, 2.75) is 48.0 Å². The topological polar surface area (TPSA) is 103 Å². The summed E-state index contributed by atoms with van der Waals surface area (Å²) in [5.41, 5.74) is 6.20. The number of piperidine rings is 1. The number of fused-ring (bicyclic) bond motifs is 1. The van der Waals surface area contributed by atoms with Gasteiger partial charge in [0.05, 0.1) is 23.1 Å². The van der Waals surface area contributed by atoms with Crippen LogP contribution in [0.5, 0.6) is 0 Å². The maximum atomic E-state index is 13.7. The molecule has 3 aromatic rings. The van der Waals surface area contributed by atoms with Crippen molar-refractivity contribution < 1.29 is 21.6 Å². The normalized spacial score (nSPS) is 19.1. The molecule has 3 N–H and O–H groups in total. The Bertz CT molecular complexity index is 1380. The van der Waals surface area contributed by atoms with Gasteiger partial charge in [0.25, 0.3) is 0 Å². The maximum absolute atomic E-state index is 13.7. The SMILES string of the molecule is Nc1ncc(-c2cnn(C3CCNCC3)c2)cc1S(=O)(=O)C1CCc2c(C(F)(F)F)ccc(Cl)c21. The van der Waals surface area contributed by atoms with Crippen molar-refractivity contribution in [2.24, 2.45) is 0 Å². The van der Waals surface area contributed by atoms with Crippen LogP contribution in [0, 0.1) is 0 Å². The van der Waals surface area contributed by atoms with Crippen molar-refractivity contribution >= 4 is 27.3 Å². The zero-order valence-corrected chi connectivity index (χ0v) is 20.1. The van der Waals surface area contributed by atoms with Crippen molar-refractivity contribution in [3.8, 4) is 11.1 Å². The predicted molar refractivity (Wildman–Crippen MR) is 126 cm³/mol. The largest absolute Gasteiger partial charge is 0.416 e. The third-order valence-corrected chi connectivity index (χ3v) is 9.26. The number of alkyl halides is 3. The molecule has 1 aromatic carbocycles. The molecule has 0 bridgehead atoms. The summed E-state index contributed by atoms with van der Waals surface area (Å²) < 4.78 is 69.8. The van der Waals surface area contributed by atoms with Crippen molar-refractivity contribution in [3.05, 3.63) is 58.5 Å². The smallest absolute Gasteiger partial charge is 0.383 e. The molecular formula is C23H23ClF3N5O2S. The third kappa shape index (κ3) is 4.30. The first-order valence-electron chi connectivity index (χ1n) is 11.2. The van der Waals surface area contributed by atoms with E-state index in [1.165, 1.54) is 12.3 Å². The van der Waals surface area contributed by atoms with Crippen molar-refractivity contribution in [1.82, 2.24) is 20.1 Å². The predicted octanol–water partition coefficient (Wildman–Crippen LogP) is 4.59. The Hall–Kier alpha value is -2.63. The highest BCUT2D eigenvalue weighted by atomic mass is 35.5. The lowest BCUT2D eigenvalue weighted by Crippen LogP contribution is -2.29. The molecule has 0 radical (unpaired) electrons. The quantitative estimate of drug-likeness (QED) is 0.516. The zero-order valence-electron chi connectivity index (χ0n) is 18.5. The molecule has 0 saturated carbocycles. The molecule has 35 heavy (non-hydrogen) atoms. The number of rotatable bonds is 4. The fourth-order valence-corrected chi connectivity index (χ4v) is 7.32. The average molecular weight is 526 g/mol. The molecule has 7 nitrogen and oxygen atoms in total.